The Morgan fingerprint density at radius 2 is 1.40 bits per heavy atom. The summed E-state index contributed by atoms with van der Waals surface area (Å²) in [7, 11) is 0. The van der Waals surface area contributed by atoms with Crippen LogP contribution in [0.5, 0.6) is 0 Å². The molecule has 0 atom stereocenters. The zero-order valence-electron chi connectivity index (χ0n) is 26.2. The molecule has 0 bridgehead atoms. The summed E-state index contributed by atoms with van der Waals surface area (Å²) in [6.45, 7) is 9.40. The van der Waals surface area contributed by atoms with E-state index >= 15 is 4.39 Å². The van der Waals surface area contributed by atoms with Gasteiger partial charge in [-0.1, -0.05) is 82.5 Å². The van der Waals surface area contributed by atoms with E-state index < -0.39 is 35.6 Å². The maximum absolute atomic E-state index is 15.0. The monoisotopic (exact) mass is 602 g/mol. The Bertz CT molecular complexity index is 1240. The number of rotatable bonds is 8. The predicted octanol–water partition coefficient (Wildman–Crippen LogP) is 12.5. The van der Waals surface area contributed by atoms with Gasteiger partial charge in [-0.2, -0.15) is 8.78 Å². The molecule has 2 saturated carbocycles. The number of ether oxygens (including phenoxy) is 1. The zero-order chi connectivity index (χ0) is 31.6. The lowest BCUT2D eigenvalue weighted by Gasteiger charge is -2.36. The fraction of sp³-hybridized carbons (Fsp3) is 0.514. The van der Waals surface area contributed by atoms with Crippen LogP contribution in [0.15, 0.2) is 72.3 Å². The second kappa shape index (κ2) is 16.4. The van der Waals surface area contributed by atoms with Crippen molar-refractivity contribution in [3.8, 4) is 11.1 Å². The van der Waals surface area contributed by atoms with Gasteiger partial charge in [0.15, 0.2) is 11.7 Å². The molecule has 43 heavy (non-hydrogen) atoms. The number of allylic oxidation sites excluding steroid dienone is 6. The van der Waals surface area contributed by atoms with Gasteiger partial charge in [0.05, 0.1) is 12.0 Å². The summed E-state index contributed by atoms with van der Waals surface area (Å²) < 4.78 is 77.4. The Labute approximate surface area is 254 Å². The highest BCUT2D eigenvalue weighted by atomic mass is 19.3. The lowest BCUT2D eigenvalue weighted by atomic mass is 9.81. The second-order valence-electron chi connectivity index (χ2n) is 12.0. The first kappa shape index (κ1) is 34.8. The van der Waals surface area contributed by atoms with Gasteiger partial charge in [-0.3, -0.25) is 0 Å². The molecule has 6 heteroatoms. The van der Waals surface area contributed by atoms with Crippen LogP contribution in [0.2, 0.25) is 0 Å². The largest absolute Gasteiger partial charge is 0.358 e. The lowest BCUT2D eigenvalue weighted by molar-refractivity contribution is -0.301. The standard InChI is InChI=1S/C34H39F5O.C3H8/c1-4-23(20-33(37)31(35)5-2)30-19-14-27(21-32(30)36)26-10-8-24(9-11-26)25-12-17-29(18-13-25)40-34(38,39)28-15-6-22(3)7-16-28;1-3-2/h4-5,8-11,14,19-22,25,28-29H,6-7,12-13,15-18H2,1-3H3;3H2,1-2H3/b23-4+,31-5-,33-20+;. The Morgan fingerprint density at radius 1 is 0.814 bits per heavy atom. The molecule has 0 aromatic heterocycles. The van der Waals surface area contributed by atoms with Crippen LogP contribution in [-0.2, 0) is 4.74 Å². The van der Waals surface area contributed by atoms with Crippen molar-refractivity contribution in [1.82, 2.24) is 0 Å². The first-order chi connectivity index (χ1) is 20.5. The highest BCUT2D eigenvalue weighted by Gasteiger charge is 2.44. The van der Waals surface area contributed by atoms with Gasteiger partial charge in [0, 0.05) is 5.56 Å². The van der Waals surface area contributed by atoms with Gasteiger partial charge in [0.25, 0.3) is 0 Å². The number of halogens is 5. The molecular weight excluding hydrogens is 555 g/mol. The van der Waals surface area contributed by atoms with Crippen LogP contribution in [0.1, 0.15) is 109 Å². The highest BCUT2D eigenvalue weighted by molar-refractivity contribution is 5.77. The van der Waals surface area contributed by atoms with E-state index in [1.807, 2.05) is 24.3 Å². The number of alkyl halides is 2. The quantitative estimate of drug-likeness (QED) is 0.216. The van der Waals surface area contributed by atoms with Gasteiger partial charge in [0.2, 0.25) is 0 Å². The lowest BCUT2D eigenvalue weighted by Crippen LogP contribution is -2.38. The third-order valence-corrected chi connectivity index (χ3v) is 8.56. The second-order valence-corrected chi connectivity index (χ2v) is 12.0. The Morgan fingerprint density at radius 3 is 1.93 bits per heavy atom. The van der Waals surface area contributed by atoms with Crippen molar-refractivity contribution in [2.45, 2.75) is 111 Å². The number of benzene rings is 2. The van der Waals surface area contributed by atoms with Crippen molar-refractivity contribution in [1.29, 1.82) is 0 Å². The molecule has 0 spiro atoms. The SMILES string of the molecule is C/C=C(F)/C(F)=C\C(=C/C)c1ccc(-c2ccc(C3CCC(OC(F)(F)C4CCC(C)CC4)CC3)cc2)cc1F.CCC. The number of hydrogen-bond acceptors (Lipinski definition) is 1. The van der Waals surface area contributed by atoms with Gasteiger partial charge in [0.1, 0.15) is 5.82 Å². The van der Waals surface area contributed by atoms with E-state index in [0.29, 0.717) is 37.2 Å². The van der Waals surface area contributed by atoms with E-state index in [4.69, 9.17) is 4.74 Å². The Balaban J connectivity index is 0.00000162. The van der Waals surface area contributed by atoms with Gasteiger partial charge in [-0.05, 0) is 105 Å². The minimum Gasteiger partial charge on any atom is -0.317 e. The molecule has 0 N–H and O–H groups in total. The third-order valence-electron chi connectivity index (χ3n) is 8.56. The van der Waals surface area contributed by atoms with E-state index in [2.05, 4.69) is 20.8 Å². The molecule has 2 fully saturated rings. The Kier molecular flexibility index (Phi) is 13.2. The van der Waals surface area contributed by atoms with E-state index in [1.165, 1.54) is 25.5 Å². The molecule has 2 aromatic rings. The summed E-state index contributed by atoms with van der Waals surface area (Å²) in [5, 5.41) is 0. The van der Waals surface area contributed by atoms with E-state index in [9.17, 15) is 17.6 Å². The topological polar surface area (TPSA) is 9.23 Å². The fourth-order valence-electron chi connectivity index (χ4n) is 5.97. The molecule has 0 amide bonds. The van der Waals surface area contributed by atoms with Gasteiger partial charge >= 0.3 is 6.11 Å². The Hall–Kier alpha value is -2.73. The first-order valence-corrected chi connectivity index (χ1v) is 15.8. The molecule has 0 heterocycles. The smallest absolute Gasteiger partial charge is 0.317 e. The molecule has 236 valence electrons. The molecule has 4 rings (SSSR count). The molecule has 1 nitrogen and oxygen atoms in total. The fourth-order valence-corrected chi connectivity index (χ4v) is 5.97. The molecule has 0 radical (unpaired) electrons. The number of hydrogen-bond donors (Lipinski definition) is 0. The van der Waals surface area contributed by atoms with E-state index in [1.54, 1.807) is 19.1 Å². The average Bonchev–Trinajstić information content (AvgIpc) is 3.00. The van der Waals surface area contributed by atoms with Crippen LogP contribution in [0, 0.1) is 17.7 Å². The van der Waals surface area contributed by atoms with Crippen molar-refractivity contribution in [3.05, 3.63) is 89.3 Å². The van der Waals surface area contributed by atoms with Crippen LogP contribution in [0.25, 0.3) is 16.7 Å². The molecule has 2 aliphatic rings. The molecular formula is C37H47F5O. The summed E-state index contributed by atoms with van der Waals surface area (Å²) in [6.07, 6.45) is 6.86. The van der Waals surface area contributed by atoms with Gasteiger partial charge < -0.3 is 4.74 Å². The van der Waals surface area contributed by atoms with Crippen molar-refractivity contribution >= 4 is 5.57 Å². The van der Waals surface area contributed by atoms with Crippen molar-refractivity contribution < 1.29 is 26.7 Å². The summed E-state index contributed by atoms with van der Waals surface area (Å²) in [5.74, 6) is -2.46. The zero-order valence-corrected chi connectivity index (χ0v) is 26.2. The predicted molar refractivity (Wildman–Crippen MR) is 168 cm³/mol. The maximum atomic E-state index is 15.0. The van der Waals surface area contributed by atoms with E-state index in [0.717, 1.165) is 49.0 Å². The van der Waals surface area contributed by atoms with Crippen molar-refractivity contribution in [3.63, 3.8) is 0 Å². The molecule has 2 aromatic carbocycles. The molecule has 2 aliphatic carbocycles. The van der Waals surface area contributed by atoms with Crippen LogP contribution in [-0.4, -0.2) is 12.2 Å². The summed E-state index contributed by atoms with van der Waals surface area (Å²) in [5.41, 5.74) is 3.07. The first-order valence-electron chi connectivity index (χ1n) is 15.8. The summed E-state index contributed by atoms with van der Waals surface area (Å²) in [4.78, 5) is 0. The molecule has 0 saturated heterocycles. The van der Waals surface area contributed by atoms with E-state index in [-0.39, 0.29) is 17.1 Å². The maximum Gasteiger partial charge on any atom is 0.358 e. The summed E-state index contributed by atoms with van der Waals surface area (Å²) in [6, 6.07) is 12.6. The summed E-state index contributed by atoms with van der Waals surface area (Å²) >= 11 is 0. The van der Waals surface area contributed by atoms with Crippen LogP contribution >= 0.6 is 0 Å². The van der Waals surface area contributed by atoms with Crippen LogP contribution in [0.4, 0.5) is 22.0 Å². The highest BCUT2D eigenvalue weighted by Crippen LogP contribution is 2.43. The van der Waals surface area contributed by atoms with Gasteiger partial charge in [-0.25, -0.2) is 13.2 Å². The van der Waals surface area contributed by atoms with Crippen molar-refractivity contribution in [2.24, 2.45) is 11.8 Å². The third kappa shape index (κ3) is 9.63. The molecule has 0 aliphatic heterocycles. The average molecular weight is 603 g/mol. The van der Waals surface area contributed by atoms with Crippen molar-refractivity contribution in [2.75, 3.05) is 0 Å². The normalized spacial score (nSPS) is 23.9. The van der Waals surface area contributed by atoms with Gasteiger partial charge in [-0.15, -0.1) is 0 Å². The van der Waals surface area contributed by atoms with Crippen LogP contribution in [0.3, 0.4) is 0 Å². The molecule has 0 unspecified atom stereocenters. The minimum atomic E-state index is -3.05. The minimum absolute atomic E-state index is 0.185. The van der Waals surface area contributed by atoms with Crippen LogP contribution < -0.4 is 0 Å².